The lowest BCUT2D eigenvalue weighted by Crippen LogP contribution is -2.31. The van der Waals surface area contributed by atoms with Gasteiger partial charge >= 0.3 is 0 Å². The number of halogens is 2. The highest BCUT2D eigenvalue weighted by molar-refractivity contribution is 7.09. The number of carbonyl (C=O) groups excluding carboxylic acids is 1. The molecule has 0 aliphatic rings. The van der Waals surface area contributed by atoms with Gasteiger partial charge in [-0.15, -0.1) is 22.9 Å². The first-order chi connectivity index (χ1) is 15.3. The minimum absolute atomic E-state index is 0.0855. The van der Waals surface area contributed by atoms with Crippen LogP contribution in [0.5, 0.6) is 0 Å². The SMILES string of the molecule is CC(C)(C)c1nn(-c2ccccc2)c2nc(Cl)c(CN(Cc3cccs3)C(=O)CCl)cc12. The number of thiophene rings is 1. The molecule has 0 radical (unpaired) electrons. The molecular formula is C24H24Cl2N4OS. The Morgan fingerprint density at radius 2 is 1.88 bits per heavy atom. The number of rotatable bonds is 6. The number of aromatic nitrogens is 3. The Hall–Kier alpha value is -2.41. The number of hydrogen-bond acceptors (Lipinski definition) is 4. The Labute approximate surface area is 201 Å². The second kappa shape index (κ2) is 9.22. The van der Waals surface area contributed by atoms with Gasteiger partial charge in [0.1, 0.15) is 11.0 Å². The molecule has 0 bridgehead atoms. The predicted octanol–water partition coefficient (Wildman–Crippen LogP) is 6.20. The van der Waals surface area contributed by atoms with E-state index in [0.29, 0.717) is 23.9 Å². The highest BCUT2D eigenvalue weighted by Gasteiger charge is 2.26. The number of carbonyl (C=O) groups is 1. The van der Waals surface area contributed by atoms with Gasteiger partial charge in [0.25, 0.3) is 0 Å². The van der Waals surface area contributed by atoms with E-state index in [1.54, 1.807) is 16.2 Å². The average molecular weight is 487 g/mol. The topological polar surface area (TPSA) is 51.0 Å². The number of fused-ring (bicyclic) bond motifs is 1. The van der Waals surface area contributed by atoms with E-state index in [-0.39, 0.29) is 17.2 Å². The first-order valence-corrected chi connectivity index (χ1v) is 12.1. The largest absolute Gasteiger partial charge is 0.332 e. The molecule has 0 saturated heterocycles. The Balaban J connectivity index is 1.80. The van der Waals surface area contributed by atoms with Crippen LogP contribution in [0.15, 0.2) is 53.9 Å². The third-order valence-electron chi connectivity index (χ3n) is 5.15. The van der Waals surface area contributed by atoms with Crippen molar-refractivity contribution in [2.75, 3.05) is 5.88 Å². The fourth-order valence-corrected chi connectivity index (χ4v) is 4.67. The van der Waals surface area contributed by atoms with E-state index in [2.05, 4.69) is 20.8 Å². The summed E-state index contributed by atoms with van der Waals surface area (Å²) >= 11 is 14.1. The summed E-state index contributed by atoms with van der Waals surface area (Å²) in [5, 5.41) is 8.17. The zero-order valence-corrected chi connectivity index (χ0v) is 20.5. The zero-order valence-electron chi connectivity index (χ0n) is 18.2. The molecular weight excluding hydrogens is 463 g/mol. The van der Waals surface area contributed by atoms with E-state index in [1.807, 2.05) is 58.6 Å². The molecule has 5 nitrogen and oxygen atoms in total. The van der Waals surface area contributed by atoms with Gasteiger partial charge in [0.15, 0.2) is 5.65 Å². The van der Waals surface area contributed by atoms with Crippen LogP contribution < -0.4 is 0 Å². The lowest BCUT2D eigenvalue weighted by Gasteiger charge is -2.22. The van der Waals surface area contributed by atoms with Gasteiger partial charge < -0.3 is 4.90 Å². The molecule has 0 N–H and O–H groups in total. The van der Waals surface area contributed by atoms with Crippen molar-refractivity contribution < 1.29 is 4.79 Å². The van der Waals surface area contributed by atoms with Crippen LogP contribution in [-0.2, 0) is 23.3 Å². The summed E-state index contributed by atoms with van der Waals surface area (Å²) in [5.74, 6) is -0.232. The number of benzene rings is 1. The third kappa shape index (κ3) is 4.68. The average Bonchev–Trinajstić information content (AvgIpc) is 3.41. The highest BCUT2D eigenvalue weighted by atomic mass is 35.5. The standard InChI is InChI=1S/C24H24Cl2N4OS/c1-24(2,3)21-19-12-16(14-29(20(31)13-25)15-18-10-7-11-32-18)22(26)27-23(19)30(28-21)17-8-5-4-6-9-17/h4-12H,13-15H2,1-3H3. The molecule has 3 aromatic heterocycles. The highest BCUT2D eigenvalue weighted by Crippen LogP contribution is 2.33. The first-order valence-electron chi connectivity index (χ1n) is 10.3. The van der Waals surface area contributed by atoms with Gasteiger partial charge in [-0.1, -0.05) is 56.6 Å². The Morgan fingerprint density at radius 3 is 2.50 bits per heavy atom. The van der Waals surface area contributed by atoms with Gasteiger partial charge in [-0.2, -0.15) is 5.10 Å². The maximum atomic E-state index is 12.6. The van der Waals surface area contributed by atoms with Crippen LogP contribution in [0.2, 0.25) is 5.15 Å². The molecule has 0 spiro atoms. The van der Waals surface area contributed by atoms with E-state index < -0.39 is 0 Å². The number of alkyl halides is 1. The summed E-state index contributed by atoms with van der Waals surface area (Å²) < 4.78 is 1.83. The molecule has 1 aromatic carbocycles. The second-order valence-corrected chi connectivity index (χ2v) is 10.3. The third-order valence-corrected chi connectivity index (χ3v) is 6.57. The van der Waals surface area contributed by atoms with Crippen molar-refractivity contribution >= 4 is 51.5 Å². The quantitative estimate of drug-likeness (QED) is 0.240. The Morgan fingerprint density at radius 1 is 1.12 bits per heavy atom. The van der Waals surface area contributed by atoms with Crippen LogP contribution in [0.1, 0.15) is 36.9 Å². The first kappa shape index (κ1) is 22.8. The molecule has 4 aromatic rings. The van der Waals surface area contributed by atoms with Crippen molar-refractivity contribution in [3.8, 4) is 5.69 Å². The van der Waals surface area contributed by atoms with E-state index in [0.717, 1.165) is 27.2 Å². The van der Waals surface area contributed by atoms with E-state index in [4.69, 9.17) is 33.3 Å². The Bertz CT molecular complexity index is 1230. The summed E-state index contributed by atoms with van der Waals surface area (Å²) in [6.45, 7) is 7.17. The molecule has 8 heteroatoms. The van der Waals surface area contributed by atoms with Crippen LogP contribution in [-0.4, -0.2) is 31.5 Å². The number of para-hydroxylation sites is 1. The van der Waals surface area contributed by atoms with Crippen molar-refractivity contribution in [1.82, 2.24) is 19.7 Å². The van der Waals surface area contributed by atoms with Crippen LogP contribution in [0.4, 0.5) is 0 Å². The normalized spacial score (nSPS) is 11.8. The Kier molecular flexibility index (Phi) is 6.56. The van der Waals surface area contributed by atoms with Gasteiger partial charge in [-0.3, -0.25) is 4.79 Å². The van der Waals surface area contributed by atoms with Gasteiger partial charge in [0.05, 0.1) is 17.9 Å². The van der Waals surface area contributed by atoms with E-state index >= 15 is 0 Å². The van der Waals surface area contributed by atoms with Gasteiger partial charge in [-0.05, 0) is 29.6 Å². The van der Waals surface area contributed by atoms with Crippen LogP contribution >= 0.6 is 34.5 Å². The summed E-state index contributed by atoms with van der Waals surface area (Å²) in [5.41, 5.74) is 3.11. The number of hydrogen-bond donors (Lipinski definition) is 0. The lowest BCUT2D eigenvalue weighted by molar-refractivity contribution is -0.129. The fraction of sp³-hybridized carbons (Fsp3) is 0.292. The molecule has 4 rings (SSSR count). The summed E-state index contributed by atoms with van der Waals surface area (Å²) in [6.07, 6.45) is 0. The fourth-order valence-electron chi connectivity index (χ4n) is 3.59. The molecule has 1 amide bonds. The number of nitrogens with zero attached hydrogens (tertiary/aromatic N) is 4. The zero-order chi connectivity index (χ0) is 22.9. The van der Waals surface area contributed by atoms with Crippen molar-refractivity contribution in [1.29, 1.82) is 0 Å². The monoisotopic (exact) mass is 486 g/mol. The van der Waals surface area contributed by atoms with Crippen LogP contribution in [0, 0.1) is 0 Å². The van der Waals surface area contributed by atoms with Gasteiger partial charge in [-0.25, -0.2) is 9.67 Å². The van der Waals surface area contributed by atoms with Crippen LogP contribution in [0.25, 0.3) is 16.7 Å². The van der Waals surface area contributed by atoms with Crippen LogP contribution in [0.3, 0.4) is 0 Å². The molecule has 0 atom stereocenters. The van der Waals surface area contributed by atoms with Crippen molar-refractivity contribution in [3.63, 3.8) is 0 Å². The van der Waals surface area contributed by atoms with Gasteiger partial charge in [0.2, 0.25) is 5.91 Å². The predicted molar refractivity (Wildman–Crippen MR) is 132 cm³/mol. The van der Waals surface area contributed by atoms with Crippen molar-refractivity contribution in [2.24, 2.45) is 0 Å². The lowest BCUT2D eigenvalue weighted by atomic mass is 9.90. The molecule has 0 aliphatic heterocycles. The molecule has 3 heterocycles. The van der Waals surface area contributed by atoms with Gasteiger partial charge in [0, 0.05) is 27.8 Å². The molecule has 0 aliphatic carbocycles. The summed E-state index contributed by atoms with van der Waals surface area (Å²) in [4.78, 5) is 20.1. The van der Waals surface area contributed by atoms with E-state index in [9.17, 15) is 4.79 Å². The minimum Gasteiger partial charge on any atom is -0.332 e. The second-order valence-electron chi connectivity index (χ2n) is 8.62. The maximum absolute atomic E-state index is 12.6. The molecule has 0 unspecified atom stereocenters. The van der Waals surface area contributed by atoms with Crippen molar-refractivity contribution in [3.05, 3.63) is 75.2 Å². The summed E-state index contributed by atoms with van der Waals surface area (Å²) in [6, 6.07) is 15.9. The molecule has 0 fully saturated rings. The maximum Gasteiger partial charge on any atom is 0.238 e. The van der Waals surface area contributed by atoms with Crippen molar-refractivity contribution in [2.45, 2.75) is 39.3 Å². The summed E-state index contributed by atoms with van der Waals surface area (Å²) in [7, 11) is 0. The van der Waals surface area contributed by atoms with E-state index in [1.165, 1.54) is 0 Å². The smallest absolute Gasteiger partial charge is 0.238 e. The number of amides is 1. The molecule has 32 heavy (non-hydrogen) atoms. The minimum atomic E-state index is -0.201. The molecule has 0 saturated carbocycles. The molecule has 166 valence electrons. The number of pyridine rings is 1.